The van der Waals surface area contributed by atoms with Gasteiger partial charge in [0.1, 0.15) is 17.4 Å². The summed E-state index contributed by atoms with van der Waals surface area (Å²) in [6.45, 7) is 12.3. The molecular weight excluding hydrogens is 506 g/mol. The molecule has 1 unspecified atom stereocenters. The summed E-state index contributed by atoms with van der Waals surface area (Å²) in [6, 6.07) is 12.0. The molecule has 3 N–H and O–H groups in total. The van der Waals surface area contributed by atoms with Crippen LogP contribution >= 0.6 is 0 Å². The summed E-state index contributed by atoms with van der Waals surface area (Å²) in [5, 5.41) is 15.2. The second-order valence-electron chi connectivity index (χ2n) is 12.0. The number of aromatic hydroxyl groups is 1. The minimum Gasteiger partial charge on any atom is -0.508 e. The Bertz CT molecular complexity index is 1150. The lowest BCUT2D eigenvalue weighted by atomic mass is 9.95. The Balaban J connectivity index is 1.70. The Labute approximate surface area is 238 Å². The Kier molecular flexibility index (Phi) is 10.7. The molecule has 1 aliphatic carbocycles. The van der Waals surface area contributed by atoms with Crippen molar-refractivity contribution in [3.63, 3.8) is 0 Å². The van der Waals surface area contributed by atoms with Gasteiger partial charge in [0.25, 0.3) is 0 Å². The number of imide groups is 1. The van der Waals surface area contributed by atoms with Crippen molar-refractivity contribution in [1.82, 2.24) is 15.5 Å². The number of nitrogens with zero attached hydrogens (tertiary/aromatic N) is 1. The fourth-order valence-corrected chi connectivity index (χ4v) is 4.84. The standard InChI is InChI=1S/C32H45N3O5/c1-21-17-26(36)18-22(2)27(21)19-28(33-31(39)40-32(4,5)6)30(38)34-29(37)23(3)35(20-25-14-15-25)16-10-13-24-11-8-7-9-12-24/h7-9,11-12,17-18,23,25,28,36H,10,13-16,19-20H2,1-6H3,(H,33,39)(H,34,37,38)/t23-,28?/m1/s1. The molecule has 0 bridgehead atoms. The van der Waals surface area contributed by atoms with Gasteiger partial charge in [-0.25, -0.2) is 4.79 Å². The second kappa shape index (κ2) is 13.8. The van der Waals surface area contributed by atoms with Gasteiger partial charge in [-0.3, -0.25) is 19.8 Å². The molecule has 1 fully saturated rings. The molecule has 1 saturated carbocycles. The summed E-state index contributed by atoms with van der Waals surface area (Å²) in [7, 11) is 0. The van der Waals surface area contributed by atoms with Crippen molar-refractivity contribution in [3.05, 3.63) is 64.7 Å². The largest absolute Gasteiger partial charge is 0.508 e. The van der Waals surface area contributed by atoms with Crippen LogP contribution in [0.1, 0.15) is 69.2 Å². The minimum atomic E-state index is -1.04. The average molecular weight is 552 g/mol. The third-order valence-electron chi connectivity index (χ3n) is 7.21. The molecule has 8 nitrogen and oxygen atoms in total. The van der Waals surface area contributed by atoms with Gasteiger partial charge in [0.05, 0.1) is 6.04 Å². The number of carbonyl (C=O) groups excluding carboxylic acids is 3. The van der Waals surface area contributed by atoms with E-state index < -0.39 is 29.7 Å². The van der Waals surface area contributed by atoms with Crippen LogP contribution in [0.5, 0.6) is 5.75 Å². The van der Waals surface area contributed by atoms with Gasteiger partial charge in [-0.15, -0.1) is 0 Å². The highest BCUT2D eigenvalue weighted by atomic mass is 16.6. The number of phenolic OH excluding ortho intramolecular Hbond substituents is 1. The van der Waals surface area contributed by atoms with Crippen molar-refractivity contribution >= 4 is 17.9 Å². The average Bonchev–Trinajstić information content (AvgIpc) is 3.68. The fraction of sp³-hybridized carbons (Fsp3) is 0.531. The number of carbonyl (C=O) groups is 3. The van der Waals surface area contributed by atoms with Crippen LogP contribution < -0.4 is 10.6 Å². The van der Waals surface area contributed by atoms with E-state index in [1.165, 1.54) is 5.56 Å². The van der Waals surface area contributed by atoms with Crippen molar-refractivity contribution in [2.24, 2.45) is 5.92 Å². The van der Waals surface area contributed by atoms with Gasteiger partial charge in [0, 0.05) is 13.0 Å². The highest BCUT2D eigenvalue weighted by Gasteiger charge is 2.32. The summed E-state index contributed by atoms with van der Waals surface area (Å²) in [4.78, 5) is 41.6. The van der Waals surface area contributed by atoms with Crippen LogP contribution in [0.25, 0.3) is 0 Å². The number of rotatable bonds is 12. The van der Waals surface area contributed by atoms with E-state index in [4.69, 9.17) is 4.74 Å². The molecule has 0 aromatic heterocycles. The van der Waals surface area contributed by atoms with Gasteiger partial charge in [-0.2, -0.15) is 0 Å². The molecule has 0 aliphatic heterocycles. The van der Waals surface area contributed by atoms with Crippen LogP contribution in [-0.2, 0) is 27.2 Å². The molecule has 2 aromatic carbocycles. The number of hydrogen-bond acceptors (Lipinski definition) is 6. The topological polar surface area (TPSA) is 108 Å². The number of benzene rings is 2. The maximum Gasteiger partial charge on any atom is 0.408 e. The zero-order valence-corrected chi connectivity index (χ0v) is 24.8. The molecule has 2 atom stereocenters. The lowest BCUT2D eigenvalue weighted by molar-refractivity contribution is -0.134. The van der Waals surface area contributed by atoms with E-state index in [1.807, 2.05) is 39.0 Å². The normalized spacial score (nSPS) is 14.9. The predicted octanol–water partition coefficient (Wildman–Crippen LogP) is 4.82. The molecule has 2 aromatic rings. The molecule has 40 heavy (non-hydrogen) atoms. The Morgan fingerprint density at radius 2 is 1.68 bits per heavy atom. The van der Waals surface area contributed by atoms with E-state index in [0.29, 0.717) is 5.92 Å². The lowest BCUT2D eigenvalue weighted by Gasteiger charge is -2.29. The first-order valence-corrected chi connectivity index (χ1v) is 14.2. The molecule has 3 amide bonds. The van der Waals surface area contributed by atoms with Crippen molar-refractivity contribution in [1.29, 1.82) is 0 Å². The lowest BCUT2D eigenvalue weighted by Crippen LogP contribution is -2.54. The fourth-order valence-electron chi connectivity index (χ4n) is 4.84. The van der Waals surface area contributed by atoms with Crippen molar-refractivity contribution in [3.8, 4) is 5.75 Å². The van der Waals surface area contributed by atoms with E-state index in [9.17, 15) is 19.5 Å². The highest BCUT2D eigenvalue weighted by molar-refractivity contribution is 6.00. The summed E-state index contributed by atoms with van der Waals surface area (Å²) >= 11 is 0. The molecular formula is C32H45N3O5. The first-order valence-electron chi connectivity index (χ1n) is 14.2. The van der Waals surface area contributed by atoms with E-state index in [0.717, 1.165) is 55.5 Å². The monoisotopic (exact) mass is 551 g/mol. The molecule has 1 aliphatic rings. The van der Waals surface area contributed by atoms with E-state index in [-0.39, 0.29) is 18.1 Å². The van der Waals surface area contributed by atoms with Gasteiger partial charge < -0.3 is 15.2 Å². The van der Waals surface area contributed by atoms with Crippen LogP contribution in [0.4, 0.5) is 4.79 Å². The maximum atomic E-state index is 13.4. The summed E-state index contributed by atoms with van der Waals surface area (Å²) < 4.78 is 5.39. The molecule has 0 saturated heterocycles. The van der Waals surface area contributed by atoms with Crippen LogP contribution in [0.15, 0.2) is 42.5 Å². The summed E-state index contributed by atoms with van der Waals surface area (Å²) in [6.07, 6.45) is 3.56. The highest BCUT2D eigenvalue weighted by Crippen LogP contribution is 2.30. The van der Waals surface area contributed by atoms with Crippen molar-refractivity contribution in [2.45, 2.75) is 91.3 Å². The van der Waals surface area contributed by atoms with Crippen LogP contribution in [0.3, 0.4) is 0 Å². The number of hydrogen-bond donors (Lipinski definition) is 3. The molecule has 218 valence electrons. The van der Waals surface area contributed by atoms with E-state index >= 15 is 0 Å². The molecule has 0 radical (unpaired) electrons. The zero-order chi connectivity index (χ0) is 29.4. The second-order valence-corrected chi connectivity index (χ2v) is 12.0. The number of alkyl carbamates (subject to hydrolysis) is 1. The number of phenols is 1. The van der Waals surface area contributed by atoms with E-state index in [1.54, 1.807) is 32.9 Å². The van der Waals surface area contributed by atoms with Gasteiger partial charge in [-0.05, 0) is 114 Å². The molecule has 8 heteroatoms. The Morgan fingerprint density at radius 1 is 1.05 bits per heavy atom. The number of nitrogens with one attached hydrogen (secondary N) is 2. The smallest absolute Gasteiger partial charge is 0.408 e. The summed E-state index contributed by atoms with van der Waals surface area (Å²) in [5.74, 6) is -0.262. The van der Waals surface area contributed by atoms with Crippen LogP contribution in [0, 0.1) is 19.8 Å². The quantitative estimate of drug-likeness (QED) is 0.349. The van der Waals surface area contributed by atoms with Gasteiger partial charge in [0.2, 0.25) is 11.8 Å². The maximum absolute atomic E-state index is 13.4. The summed E-state index contributed by atoms with van der Waals surface area (Å²) in [5.41, 5.74) is 2.90. The first-order chi connectivity index (χ1) is 18.8. The molecule has 3 rings (SSSR count). The predicted molar refractivity (Wildman–Crippen MR) is 156 cm³/mol. The van der Waals surface area contributed by atoms with Gasteiger partial charge >= 0.3 is 6.09 Å². The van der Waals surface area contributed by atoms with E-state index in [2.05, 4.69) is 27.7 Å². The van der Waals surface area contributed by atoms with Crippen LogP contribution in [-0.4, -0.2) is 58.7 Å². The third kappa shape index (κ3) is 9.97. The van der Waals surface area contributed by atoms with Gasteiger partial charge in [-0.1, -0.05) is 30.3 Å². The van der Waals surface area contributed by atoms with Crippen LogP contribution in [0.2, 0.25) is 0 Å². The number of amides is 3. The Hall–Kier alpha value is -3.39. The zero-order valence-electron chi connectivity index (χ0n) is 24.8. The molecule has 0 heterocycles. The third-order valence-corrected chi connectivity index (χ3v) is 7.21. The SMILES string of the molecule is Cc1cc(O)cc(C)c1CC(NC(=O)OC(C)(C)C)C(=O)NC(=O)[C@@H](C)N(CCCc1ccccc1)CC1CC1. The van der Waals surface area contributed by atoms with Gasteiger partial charge in [0.15, 0.2) is 0 Å². The Morgan fingerprint density at radius 3 is 2.25 bits per heavy atom. The minimum absolute atomic E-state index is 0.131. The van der Waals surface area contributed by atoms with Crippen molar-refractivity contribution < 1.29 is 24.2 Å². The first kappa shape index (κ1) is 31.1. The number of ether oxygens (including phenoxy) is 1. The number of aryl methyl sites for hydroxylation is 3. The van der Waals surface area contributed by atoms with Crippen molar-refractivity contribution in [2.75, 3.05) is 13.1 Å². The molecule has 0 spiro atoms.